The van der Waals surface area contributed by atoms with Crippen molar-refractivity contribution in [1.29, 1.82) is 0 Å². The van der Waals surface area contributed by atoms with Crippen molar-refractivity contribution in [3.05, 3.63) is 12.2 Å². The lowest BCUT2D eigenvalue weighted by atomic mass is 9.97. The first-order valence-corrected chi connectivity index (χ1v) is 26.8. The lowest BCUT2D eigenvalue weighted by Crippen LogP contribution is -2.46. The number of rotatable bonds is 41. The number of anilines is 1. The monoisotopic (exact) mass is 932 g/mol. The fourth-order valence-electron chi connectivity index (χ4n) is 8.42. The van der Waals surface area contributed by atoms with E-state index in [0.717, 1.165) is 50.0 Å². The predicted octanol–water partition coefficient (Wildman–Crippen LogP) is 13.0. The summed E-state index contributed by atoms with van der Waals surface area (Å²) < 4.78 is 74.3. The molecule has 372 valence electrons. The summed E-state index contributed by atoms with van der Waals surface area (Å²) in [6, 6.07) is 0. The van der Waals surface area contributed by atoms with E-state index in [1.807, 2.05) is 0 Å². The highest BCUT2D eigenvalue weighted by Crippen LogP contribution is 2.51. The highest BCUT2D eigenvalue weighted by Gasteiger charge is 2.65. The minimum atomic E-state index is -4.93. The number of ether oxygens (including phenoxy) is 3. The molecule has 0 radical (unpaired) electrons. The number of nitrogens with one attached hydrogen (secondary N) is 1. The molecular weight excluding hydrogens is 844 g/mol. The number of phosphoric acid groups is 1. The zero-order valence-corrected chi connectivity index (χ0v) is 41.4. The van der Waals surface area contributed by atoms with Crippen molar-refractivity contribution in [2.75, 3.05) is 45.4 Å². The standard InChI is InChI=1S/C48H88F2N5O8P/c1-6-8-10-12-14-16-18-20-22-24-26-28-30-32-34-59-36-41(60-35-33-31-29-27-25-23-21-19-17-15-13-11-9-7-2)37-61-64(57,58)62-38-48(50)45(56)47(4,49)46(63-48)55-39-52-42-43(51-5)53-40(3)54-44(42)55/h39,41,45-46,56H,6-38H2,1-5H3,(H,57,58)(H,51,53,54)/t41?,45-,46+,47+,48+/m0/s1. The molecule has 0 saturated carbocycles. The van der Waals surface area contributed by atoms with E-state index in [0.29, 0.717) is 24.9 Å². The zero-order valence-electron chi connectivity index (χ0n) is 40.5. The first kappa shape index (κ1) is 56.5. The largest absolute Gasteiger partial charge is 0.472 e. The van der Waals surface area contributed by atoms with Crippen LogP contribution in [-0.2, 0) is 27.8 Å². The van der Waals surface area contributed by atoms with Gasteiger partial charge in [-0.25, -0.2) is 28.3 Å². The van der Waals surface area contributed by atoms with Gasteiger partial charge < -0.3 is 29.5 Å². The van der Waals surface area contributed by atoms with E-state index in [2.05, 4.69) is 34.1 Å². The van der Waals surface area contributed by atoms with Gasteiger partial charge in [0.1, 0.15) is 18.5 Å². The Morgan fingerprint density at radius 1 is 0.750 bits per heavy atom. The van der Waals surface area contributed by atoms with E-state index in [-0.39, 0.29) is 24.4 Å². The van der Waals surface area contributed by atoms with Crippen LogP contribution in [0.4, 0.5) is 14.6 Å². The summed E-state index contributed by atoms with van der Waals surface area (Å²) in [6.45, 7) is 6.56. The van der Waals surface area contributed by atoms with Crippen molar-refractivity contribution >= 4 is 24.8 Å². The quantitative estimate of drug-likeness (QED) is 0.0428. The van der Waals surface area contributed by atoms with E-state index in [9.17, 15) is 14.6 Å². The smallest absolute Gasteiger partial charge is 0.384 e. The number of aliphatic hydroxyl groups excluding tert-OH is 1. The summed E-state index contributed by atoms with van der Waals surface area (Å²) in [6.07, 6.45) is 31.5. The molecule has 0 aromatic carbocycles. The highest BCUT2D eigenvalue weighted by molar-refractivity contribution is 7.47. The summed E-state index contributed by atoms with van der Waals surface area (Å²) >= 11 is 0. The van der Waals surface area contributed by atoms with Crippen molar-refractivity contribution in [3.8, 4) is 0 Å². The molecule has 0 amide bonds. The first-order chi connectivity index (χ1) is 30.9. The number of phosphoric ester groups is 1. The second-order valence-electron chi connectivity index (χ2n) is 18.3. The van der Waals surface area contributed by atoms with E-state index in [1.165, 1.54) is 148 Å². The number of alkyl halides is 2. The molecule has 13 nitrogen and oxygen atoms in total. The SMILES string of the molecule is CCCCCCCCCCCCCCCCOCC(COP(=O)(O)OC[C@@]1(F)O[C@@H](n2cnc3c(NC)nc(C)nc32)[C@](C)(F)[C@@H]1O)OCCCCCCCCCCCCCCCC. The van der Waals surface area contributed by atoms with E-state index < -0.39 is 44.4 Å². The Hall–Kier alpha value is -1.84. The number of halogens is 2. The van der Waals surface area contributed by atoms with Crippen molar-refractivity contribution in [3.63, 3.8) is 0 Å². The van der Waals surface area contributed by atoms with Crippen molar-refractivity contribution in [1.82, 2.24) is 19.5 Å². The second-order valence-corrected chi connectivity index (χ2v) is 19.8. The number of hydrogen-bond acceptors (Lipinski definition) is 11. The summed E-state index contributed by atoms with van der Waals surface area (Å²) in [5, 5.41) is 13.7. The summed E-state index contributed by atoms with van der Waals surface area (Å²) in [5.41, 5.74) is -2.29. The zero-order chi connectivity index (χ0) is 46.5. The molecule has 2 aromatic rings. The average molecular weight is 932 g/mol. The average Bonchev–Trinajstić information content (AvgIpc) is 3.77. The molecule has 1 saturated heterocycles. The molecule has 64 heavy (non-hydrogen) atoms. The van der Waals surface area contributed by atoms with E-state index in [4.69, 9.17) is 23.3 Å². The number of nitrogens with zero attached hydrogens (tertiary/aromatic N) is 4. The van der Waals surface area contributed by atoms with Gasteiger partial charge in [-0.2, -0.15) is 0 Å². The minimum Gasteiger partial charge on any atom is -0.384 e. The lowest BCUT2D eigenvalue weighted by molar-refractivity contribution is -0.204. The summed E-state index contributed by atoms with van der Waals surface area (Å²) in [4.78, 5) is 23.4. The topological polar surface area (TPSA) is 159 Å². The Morgan fingerprint density at radius 3 is 1.70 bits per heavy atom. The fourth-order valence-corrected chi connectivity index (χ4v) is 9.19. The van der Waals surface area contributed by atoms with Gasteiger partial charge in [0.05, 0.1) is 19.5 Å². The van der Waals surface area contributed by atoms with Gasteiger partial charge in [0, 0.05) is 20.3 Å². The Labute approximate surface area is 384 Å². The van der Waals surface area contributed by atoms with Gasteiger partial charge in [0.2, 0.25) is 0 Å². The van der Waals surface area contributed by atoms with Crippen LogP contribution in [0, 0.1) is 6.92 Å². The first-order valence-electron chi connectivity index (χ1n) is 25.3. The van der Waals surface area contributed by atoms with Crippen LogP contribution in [0.15, 0.2) is 6.33 Å². The Bertz CT molecular complexity index is 1560. The number of fused-ring (bicyclic) bond motifs is 1. The molecule has 1 fully saturated rings. The number of unbranched alkanes of at least 4 members (excludes halogenated alkanes) is 26. The van der Waals surface area contributed by atoms with Crippen LogP contribution in [0.3, 0.4) is 0 Å². The summed E-state index contributed by atoms with van der Waals surface area (Å²) in [5.74, 6) is -2.51. The van der Waals surface area contributed by atoms with Gasteiger partial charge in [0.15, 0.2) is 35.0 Å². The van der Waals surface area contributed by atoms with Gasteiger partial charge in [0.25, 0.3) is 5.85 Å². The third-order valence-electron chi connectivity index (χ3n) is 12.4. The van der Waals surface area contributed by atoms with Crippen LogP contribution in [-0.4, -0.2) is 93.3 Å². The molecule has 16 heteroatoms. The molecule has 1 aliphatic rings. The minimum absolute atomic E-state index is 0.144. The maximum atomic E-state index is 16.2. The van der Waals surface area contributed by atoms with Gasteiger partial charge in [-0.1, -0.05) is 181 Å². The van der Waals surface area contributed by atoms with Gasteiger partial charge in [-0.3, -0.25) is 13.6 Å². The highest BCUT2D eigenvalue weighted by atomic mass is 31.2. The molecule has 3 N–H and O–H groups in total. The Balaban J connectivity index is 1.42. The van der Waals surface area contributed by atoms with Crippen molar-refractivity contribution in [2.45, 2.75) is 237 Å². The molecule has 0 aliphatic carbocycles. The maximum absolute atomic E-state index is 16.2. The number of aryl methyl sites for hydroxylation is 1. The van der Waals surface area contributed by atoms with E-state index >= 15 is 8.78 Å². The Morgan fingerprint density at radius 2 is 1.22 bits per heavy atom. The predicted molar refractivity (Wildman–Crippen MR) is 252 cm³/mol. The Kier molecular flexibility index (Phi) is 28.2. The number of aromatic nitrogens is 4. The van der Waals surface area contributed by atoms with E-state index in [1.54, 1.807) is 14.0 Å². The number of aliphatic hydroxyl groups is 1. The molecular formula is C48H88F2N5O8P. The van der Waals surface area contributed by atoms with Crippen molar-refractivity contribution in [2.24, 2.45) is 0 Å². The van der Waals surface area contributed by atoms with Gasteiger partial charge in [-0.05, 0) is 26.7 Å². The van der Waals surface area contributed by atoms with Gasteiger partial charge >= 0.3 is 7.82 Å². The lowest BCUT2D eigenvalue weighted by Gasteiger charge is -2.26. The van der Waals surface area contributed by atoms with Gasteiger partial charge in [-0.15, -0.1) is 0 Å². The molecule has 0 spiro atoms. The third kappa shape index (κ3) is 21.0. The van der Waals surface area contributed by atoms with Crippen LogP contribution < -0.4 is 5.32 Å². The molecule has 0 bridgehead atoms. The molecule has 6 atom stereocenters. The van der Waals surface area contributed by atoms with Crippen LogP contribution in [0.5, 0.6) is 0 Å². The normalized spacial score (nSPS) is 21.5. The molecule has 3 rings (SSSR count). The van der Waals surface area contributed by atoms with Crippen molar-refractivity contribution < 1.29 is 46.6 Å². The maximum Gasteiger partial charge on any atom is 0.472 e. The second kappa shape index (κ2) is 32.0. The molecule has 1 aliphatic heterocycles. The molecule has 2 aromatic heterocycles. The number of imidazole rings is 1. The fraction of sp³-hybridized carbons (Fsp3) is 0.896. The van der Waals surface area contributed by atoms with Crippen LogP contribution in [0.2, 0.25) is 0 Å². The molecule has 2 unspecified atom stereocenters. The van der Waals surface area contributed by atoms with Crippen LogP contribution in [0.25, 0.3) is 11.2 Å². The molecule has 3 heterocycles. The summed E-state index contributed by atoms with van der Waals surface area (Å²) in [7, 11) is -3.30. The van der Waals surface area contributed by atoms with Crippen LogP contribution >= 0.6 is 7.82 Å². The number of hydrogen-bond donors (Lipinski definition) is 3. The third-order valence-corrected chi connectivity index (χ3v) is 13.3. The van der Waals surface area contributed by atoms with Crippen LogP contribution in [0.1, 0.15) is 213 Å².